The summed E-state index contributed by atoms with van der Waals surface area (Å²) in [4.78, 5) is 26.0. The number of nitrogens with zero attached hydrogens (tertiary/aromatic N) is 3. The van der Waals surface area contributed by atoms with Gasteiger partial charge in [-0.1, -0.05) is 13.8 Å². The highest BCUT2D eigenvalue weighted by atomic mass is 16.2. The number of hydrogen-bond donors (Lipinski definition) is 1. The lowest BCUT2D eigenvalue weighted by Gasteiger charge is -2.21. The fourth-order valence-corrected chi connectivity index (χ4v) is 2.31. The maximum Gasteiger partial charge on any atom is 0.226 e. The second-order valence-electron chi connectivity index (χ2n) is 5.68. The van der Waals surface area contributed by atoms with E-state index in [1.165, 1.54) is 0 Å². The van der Waals surface area contributed by atoms with Gasteiger partial charge in [0.25, 0.3) is 0 Å². The van der Waals surface area contributed by atoms with Crippen LogP contribution in [0.4, 0.5) is 5.82 Å². The van der Waals surface area contributed by atoms with Gasteiger partial charge in [0, 0.05) is 38.0 Å². The molecule has 6 nitrogen and oxygen atoms in total. The Bertz CT molecular complexity index is 476. The van der Waals surface area contributed by atoms with Crippen molar-refractivity contribution in [2.24, 2.45) is 0 Å². The summed E-state index contributed by atoms with van der Waals surface area (Å²) in [5.74, 6) is 0.575. The molecule has 0 aliphatic rings. The van der Waals surface area contributed by atoms with E-state index in [1.807, 2.05) is 18.7 Å². The van der Waals surface area contributed by atoms with E-state index in [9.17, 15) is 9.59 Å². The Hall–Kier alpha value is -1.85. The molecule has 1 aromatic rings. The molecule has 0 unspecified atom stereocenters. The normalized spacial score (nSPS) is 10.8. The zero-order valence-corrected chi connectivity index (χ0v) is 14.1. The van der Waals surface area contributed by atoms with Crippen molar-refractivity contribution in [3.63, 3.8) is 0 Å². The Labute approximate surface area is 132 Å². The molecule has 0 saturated heterocycles. The third-order valence-electron chi connectivity index (χ3n) is 3.33. The summed E-state index contributed by atoms with van der Waals surface area (Å²) >= 11 is 0. The highest BCUT2D eigenvalue weighted by Crippen LogP contribution is 2.13. The molecule has 0 aromatic carbocycles. The van der Waals surface area contributed by atoms with Gasteiger partial charge in [-0.05, 0) is 26.7 Å². The number of carbonyl (C=O) groups is 2. The van der Waals surface area contributed by atoms with Crippen LogP contribution in [0.1, 0.15) is 59.4 Å². The number of hydrogen-bond acceptors (Lipinski definition) is 3. The Balaban J connectivity index is 2.48. The largest absolute Gasteiger partial charge is 0.343 e. The Morgan fingerprint density at radius 1 is 1.23 bits per heavy atom. The second-order valence-corrected chi connectivity index (χ2v) is 5.68. The molecule has 0 fully saturated rings. The summed E-state index contributed by atoms with van der Waals surface area (Å²) in [6.07, 6.45) is 3.98. The fourth-order valence-electron chi connectivity index (χ4n) is 2.31. The maximum atomic E-state index is 12.1. The van der Waals surface area contributed by atoms with Crippen molar-refractivity contribution in [2.45, 2.75) is 59.4 Å². The molecule has 22 heavy (non-hydrogen) atoms. The molecular weight excluding hydrogens is 280 g/mol. The van der Waals surface area contributed by atoms with Crippen LogP contribution in [0.5, 0.6) is 0 Å². The molecule has 1 aromatic heterocycles. The molecule has 6 heteroatoms. The van der Waals surface area contributed by atoms with Gasteiger partial charge in [-0.3, -0.25) is 9.59 Å². The SMILES string of the molecule is CCCN(CCC)C(=O)CCC(=O)Nc1ccnn1C(C)C. The molecule has 1 N–H and O–H groups in total. The van der Waals surface area contributed by atoms with Crippen molar-refractivity contribution in [3.05, 3.63) is 12.3 Å². The third kappa shape index (κ3) is 5.50. The van der Waals surface area contributed by atoms with Gasteiger partial charge in [0.2, 0.25) is 11.8 Å². The van der Waals surface area contributed by atoms with Crippen LogP contribution in [0.2, 0.25) is 0 Å². The molecule has 0 saturated carbocycles. The van der Waals surface area contributed by atoms with E-state index in [0.717, 1.165) is 25.9 Å². The van der Waals surface area contributed by atoms with Gasteiger partial charge in [-0.15, -0.1) is 0 Å². The number of aromatic nitrogens is 2. The quantitative estimate of drug-likeness (QED) is 0.763. The standard InChI is InChI=1S/C16H28N4O2/c1-5-11-19(12-6-2)16(22)8-7-15(21)18-14-9-10-17-20(14)13(3)4/h9-10,13H,5-8,11-12H2,1-4H3,(H,18,21). The monoisotopic (exact) mass is 308 g/mol. The lowest BCUT2D eigenvalue weighted by Crippen LogP contribution is -2.33. The van der Waals surface area contributed by atoms with Crippen molar-refractivity contribution in [3.8, 4) is 0 Å². The molecule has 124 valence electrons. The predicted octanol–water partition coefficient (Wildman–Crippen LogP) is 2.83. The molecule has 1 heterocycles. The van der Waals surface area contributed by atoms with Crippen molar-refractivity contribution in [1.29, 1.82) is 0 Å². The Morgan fingerprint density at radius 2 is 1.86 bits per heavy atom. The molecule has 2 amide bonds. The molecule has 0 atom stereocenters. The van der Waals surface area contributed by atoms with Crippen LogP contribution >= 0.6 is 0 Å². The zero-order chi connectivity index (χ0) is 16.5. The average molecular weight is 308 g/mol. The predicted molar refractivity (Wildman–Crippen MR) is 87.6 cm³/mol. The molecule has 0 aliphatic heterocycles. The highest BCUT2D eigenvalue weighted by Gasteiger charge is 2.15. The molecule has 0 spiro atoms. The van der Waals surface area contributed by atoms with Crippen LogP contribution in [0.3, 0.4) is 0 Å². The molecule has 0 bridgehead atoms. The molecule has 0 aliphatic carbocycles. The average Bonchev–Trinajstić information content (AvgIpc) is 2.92. The van der Waals surface area contributed by atoms with E-state index in [-0.39, 0.29) is 30.7 Å². The first-order chi connectivity index (χ1) is 10.5. The minimum atomic E-state index is -0.149. The van der Waals surface area contributed by atoms with Crippen molar-refractivity contribution in [2.75, 3.05) is 18.4 Å². The van der Waals surface area contributed by atoms with Crippen molar-refractivity contribution >= 4 is 17.6 Å². The summed E-state index contributed by atoms with van der Waals surface area (Å²) in [6, 6.07) is 1.94. The van der Waals surface area contributed by atoms with E-state index in [2.05, 4.69) is 24.3 Å². The topological polar surface area (TPSA) is 67.2 Å². The van der Waals surface area contributed by atoms with Crippen LogP contribution in [-0.2, 0) is 9.59 Å². The fraction of sp³-hybridized carbons (Fsp3) is 0.688. The summed E-state index contributed by atoms with van der Waals surface area (Å²) in [5.41, 5.74) is 0. The van der Waals surface area contributed by atoms with Gasteiger partial charge in [-0.2, -0.15) is 5.10 Å². The zero-order valence-electron chi connectivity index (χ0n) is 14.1. The third-order valence-corrected chi connectivity index (χ3v) is 3.33. The first-order valence-corrected chi connectivity index (χ1v) is 8.10. The number of nitrogens with one attached hydrogen (secondary N) is 1. The van der Waals surface area contributed by atoms with E-state index >= 15 is 0 Å². The van der Waals surface area contributed by atoms with E-state index in [0.29, 0.717) is 5.82 Å². The van der Waals surface area contributed by atoms with E-state index in [4.69, 9.17) is 0 Å². The van der Waals surface area contributed by atoms with Gasteiger partial charge in [0.15, 0.2) is 0 Å². The summed E-state index contributed by atoms with van der Waals surface area (Å²) in [6.45, 7) is 9.62. The van der Waals surface area contributed by atoms with Gasteiger partial charge in [-0.25, -0.2) is 4.68 Å². The van der Waals surface area contributed by atoms with Crippen LogP contribution in [0.15, 0.2) is 12.3 Å². The minimum Gasteiger partial charge on any atom is -0.343 e. The Morgan fingerprint density at radius 3 is 2.41 bits per heavy atom. The minimum absolute atomic E-state index is 0.0521. The summed E-state index contributed by atoms with van der Waals surface area (Å²) in [5, 5.41) is 6.99. The van der Waals surface area contributed by atoms with Crippen LogP contribution < -0.4 is 5.32 Å². The van der Waals surface area contributed by atoms with Gasteiger partial charge in [0.05, 0.1) is 6.20 Å². The highest BCUT2D eigenvalue weighted by molar-refractivity contribution is 5.92. The van der Waals surface area contributed by atoms with Gasteiger partial charge in [0.1, 0.15) is 5.82 Å². The first kappa shape index (κ1) is 18.2. The summed E-state index contributed by atoms with van der Waals surface area (Å²) in [7, 11) is 0. The maximum absolute atomic E-state index is 12.1. The number of carbonyl (C=O) groups excluding carboxylic acids is 2. The lowest BCUT2D eigenvalue weighted by molar-refractivity contribution is -0.133. The molecular formula is C16H28N4O2. The van der Waals surface area contributed by atoms with Crippen molar-refractivity contribution in [1.82, 2.24) is 14.7 Å². The van der Waals surface area contributed by atoms with E-state index < -0.39 is 0 Å². The second kappa shape index (κ2) is 9.23. The number of rotatable bonds is 9. The smallest absolute Gasteiger partial charge is 0.226 e. The van der Waals surface area contributed by atoms with Crippen molar-refractivity contribution < 1.29 is 9.59 Å². The first-order valence-electron chi connectivity index (χ1n) is 8.10. The van der Waals surface area contributed by atoms with Crippen LogP contribution in [0, 0.1) is 0 Å². The van der Waals surface area contributed by atoms with Gasteiger partial charge < -0.3 is 10.2 Å². The number of anilines is 1. The van der Waals surface area contributed by atoms with Gasteiger partial charge >= 0.3 is 0 Å². The Kier molecular flexibility index (Phi) is 7.63. The van der Waals surface area contributed by atoms with Crippen LogP contribution in [0.25, 0.3) is 0 Å². The number of amides is 2. The molecule has 0 radical (unpaired) electrons. The molecule has 1 rings (SSSR count). The lowest BCUT2D eigenvalue weighted by atomic mass is 10.2. The summed E-state index contributed by atoms with van der Waals surface area (Å²) < 4.78 is 1.75. The van der Waals surface area contributed by atoms with E-state index in [1.54, 1.807) is 16.9 Å². The van der Waals surface area contributed by atoms with Crippen LogP contribution in [-0.4, -0.2) is 39.6 Å².